The number of nitrogens with one attached hydrogen (secondary N) is 2. The number of carbonyl (C=O) groups is 2. The highest BCUT2D eigenvalue weighted by atomic mass is 35.5. The molecule has 2 aromatic rings. The number of ether oxygens (including phenoxy) is 3. The van der Waals surface area contributed by atoms with Crippen LogP contribution < -0.4 is 20.3 Å². The molecule has 2 atom stereocenters. The van der Waals surface area contributed by atoms with Crippen molar-refractivity contribution in [1.82, 2.24) is 15.3 Å². The van der Waals surface area contributed by atoms with Gasteiger partial charge in [-0.2, -0.15) is 4.98 Å². The standard InChI is InChI=1S/C31H40ClN9O11/c1-4-12-34-27(33-2)18-36-29(42)24-17-37-30(38-28(24)35-16-21-10-11-26(48-3)25(32)15-21)39-13-7-8-22(39)19-50-31(43)49-14-6-5-9-23(52-41(46)47)20-51-40(44)45/h4,10-12,15,17,22-23H,2,5-9,13-14,16,18-20H2,1,3H3,(H,36,42)(H,35,37,38)/b12-4-,34-27-/t22-,23?/m0/s1. The van der Waals surface area contributed by atoms with E-state index in [1.165, 1.54) is 19.5 Å². The van der Waals surface area contributed by atoms with Crippen molar-refractivity contribution < 1.29 is 43.6 Å². The fraction of sp³-hybridized carbons (Fsp3) is 0.484. The number of hydrogen-bond donors (Lipinski definition) is 2. The first kappa shape index (κ1) is 40.6. The molecule has 1 aromatic heterocycles. The Morgan fingerprint density at radius 2 is 2.04 bits per heavy atom. The van der Waals surface area contributed by atoms with Gasteiger partial charge in [-0.15, -0.1) is 20.2 Å². The molecule has 1 aliphatic rings. The maximum atomic E-state index is 13.3. The van der Waals surface area contributed by atoms with Crippen LogP contribution in [0.2, 0.25) is 5.02 Å². The number of amides is 1. The fourth-order valence-corrected chi connectivity index (χ4v) is 5.20. The Morgan fingerprint density at radius 3 is 2.73 bits per heavy atom. The van der Waals surface area contributed by atoms with E-state index in [1.807, 2.05) is 11.0 Å². The van der Waals surface area contributed by atoms with E-state index in [2.05, 4.69) is 47.0 Å². The Morgan fingerprint density at radius 1 is 1.23 bits per heavy atom. The third kappa shape index (κ3) is 13.5. The quantitative estimate of drug-likeness (QED) is 0.0454. The van der Waals surface area contributed by atoms with Crippen molar-refractivity contribution in [3.8, 4) is 5.75 Å². The molecular formula is C31H40ClN9O11. The number of anilines is 2. The van der Waals surface area contributed by atoms with Crippen LogP contribution in [0.15, 0.2) is 46.7 Å². The molecule has 0 aliphatic carbocycles. The summed E-state index contributed by atoms with van der Waals surface area (Å²) in [5.41, 5.74) is 0.962. The summed E-state index contributed by atoms with van der Waals surface area (Å²) in [6.07, 6.45) is 4.68. The van der Waals surface area contributed by atoms with E-state index in [0.29, 0.717) is 48.4 Å². The van der Waals surface area contributed by atoms with Gasteiger partial charge in [-0.25, -0.2) is 19.8 Å². The highest BCUT2D eigenvalue weighted by Gasteiger charge is 2.29. The highest BCUT2D eigenvalue weighted by Crippen LogP contribution is 2.27. The highest BCUT2D eigenvalue weighted by molar-refractivity contribution is 6.32. The third-order valence-electron chi connectivity index (χ3n) is 7.43. The van der Waals surface area contributed by atoms with E-state index in [-0.39, 0.29) is 50.1 Å². The summed E-state index contributed by atoms with van der Waals surface area (Å²) in [6.45, 7) is 5.43. The predicted octanol–water partition coefficient (Wildman–Crippen LogP) is 4.19. The average molecular weight is 750 g/mol. The molecular weight excluding hydrogens is 710 g/mol. The van der Waals surface area contributed by atoms with Gasteiger partial charge in [0.2, 0.25) is 5.95 Å². The maximum absolute atomic E-state index is 13.3. The lowest BCUT2D eigenvalue weighted by atomic mass is 10.2. The number of hydrogen-bond acceptors (Lipinski definition) is 16. The third-order valence-corrected chi connectivity index (χ3v) is 7.72. The maximum Gasteiger partial charge on any atom is 0.508 e. The minimum absolute atomic E-state index is 0.0129. The molecule has 282 valence electrons. The first-order chi connectivity index (χ1) is 25.0. The molecule has 1 unspecified atom stereocenters. The fourth-order valence-electron chi connectivity index (χ4n) is 4.91. The molecule has 1 fully saturated rings. The Balaban J connectivity index is 1.63. The molecule has 0 radical (unpaired) electrons. The first-order valence-electron chi connectivity index (χ1n) is 16.0. The number of unbranched alkanes of at least 4 members (excludes halogenated alkanes) is 1. The molecule has 20 nitrogen and oxygen atoms in total. The van der Waals surface area contributed by atoms with Gasteiger partial charge in [0.1, 0.15) is 42.3 Å². The summed E-state index contributed by atoms with van der Waals surface area (Å²) >= 11 is 6.31. The van der Waals surface area contributed by atoms with E-state index >= 15 is 0 Å². The second-order valence-corrected chi connectivity index (χ2v) is 11.4. The van der Waals surface area contributed by atoms with Gasteiger partial charge in [0.25, 0.3) is 16.1 Å². The summed E-state index contributed by atoms with van der Waals surface area (Å²) in [4.78, 5) is 74.1. The Kier molecular flexibility index (Phi) is 16.7. The molecule has 0 saturated carbocycles. The van der Waals surface area contributed by atoms with E-state index < -0.39 is 34.9 Å². The van der Waals surface area contributed by atoms with Gasteiger partial charge >= 0.3 is 6.16 Å². The van der Waals surface area contributed by atoms with Crippen LogP contribution in [-0.2, 0) is 25.7 Å². The van der Waals surface area contributed by atoms with Crippen molar-refractivity contribution in [1.29, 1.82) is 0 Å². The molecule has 1 aromatic carbocycles. The normalized spacial score (nSPS) is 14.7. The zero-order valence-electron chi connectivity index (χ0n) is 28.6. The van der Waals surface area contributed by atoms with Crippen LogP contribution >= 0.6 is 11.6 Å². The van der Waals surface area contributed by atoms with Gasteiger partial charge < -0.3 is 39.4 Å². The monoisotopic (exact) mass is 749 g/mol. The topological polar surface area (TPSA) is 244 Å². The first-order valence-corrected chi connectivity index (χ1v) is 16.4. The summed E-state index contributed by atoms with van der Waals surface area (Å²) in [7, 11) is 1.52. The summed E-state index contributed by atoms with van der Waals surface area (Å²) in [5, 5.41) is 25.2. The number of aliphatic imine (C=N–C) groups is 2. The van der Waals surface area contributed by atoms with Crippen molar-refractivity contribution in [2.24, 2.45) is 9.98 Å². The van der Waals surface area contributed by atoms with Gasteiger partial charge in [0, 0.05) is 25.5 Å². The number of nitrogens with zero attached hydrogens (tertiary/aromatic N) is 7. The van der Waals surface area contributed by atoms with Crippen LogP contribution in [0.5, 0.6) is 5.75 Å². The summed E-state index contributed by atoms with van der Waals surface area (Å²) in [6, 6.07) is 5.00. The van der Waals surface area contributed by atoms with Gasteiger partial charge in [-0.1, -0.05) is 23.7 Å². The lowest BCUT2D eigenvalue weighted by Gasteiger charge is -2.25. The Hall–Kier alpha value is -5.79. The molecule has 0 bridgehead atoms. The second kappa shape index (κ2) is 21.4. The van der Waals surface area contributed by atoms with E-state index in [1.54, 1.807) is 25.1 Å². The van der Waals surface area contributed by atoms with Crippen LogP contribution in [0, 0.1) is 20.2 Å². The van der Waals surface area contributed by atoms with Crippen molar-refractivity contribution in [2.45, 2.75) is 57.7 Å². The number of rotatable bonds is 21. The molecule has 1 amide bonds. The van der Waals surface area contributed by atoms with Crippen LogP contribution in [-0.4, -0.2) is 96.9 Å². The number of aromatic nitrogens is 2. The zero-order valence-corrected chi connectivity index (χ0v) is 29.4. The predicted molar refractivity (Wildman–Crippen MR) is 188 cm³/mol. The summed E-state index contributed by atoms with van der Waals surface area (Å²) < 4.78 is 15.7. The van der Waals surface area contributed by atoms with E-state index in [9.17, 15) is 29.8 Å². The van der Waals surface area contributed by atoms with E-state index in [0.717, 1.165) is 12.0 Å². The van der Waals surface area contributed by atoms with Crippen molar-refractivity contribution >= 4 is 48.0 Å². The molecule has 0 spiro atoms. The Labute approximate surface area is 303 Å². The number of allylic oxidation sites excluding steroid dienone is 1. The number of benzene rings is 1. The number of halogens is 1. The molecule has 1 saturated heterocycles. The molecule has 52 heavy (non-hydrogen) atoms. The number of methoxy groups -OCH3 is 1. The van der Waals surface area contributed by atoms with Crippen LogP contribution in [0.25, 0.3) is 0 Å². The van der Waals surface area contributed by atoms with Crippen molar-refractivity contribution in [2.75, 3.05) is 50.2 Å². The number of amidine groups is 1. The van der Waals surface area contributed by atoms with Crippen molar-refractivity contribution in [3.63, 3.8) is 0 Å². The molecule has 2 heterocycles. The summed E-state index contributed by atoms with van der Waals surface area (Å²) in [5.74, 6) is 0.898. The lowest BCUT2D eigenvalue weighted by Crippen LogP contribution is -2.36. The smallest absolute Gasteiger partial charge is 0.495 e. The van der Waals surface area contributed by atoms with Crippen molar-refractivity contribution in [3.05, 3.63) is 73.1 Å². The number of carbonyl (C=O) groups excluding carboxylic acids is 2. The van der Waals surface area contributed by atoms with Crippen LogP contribution in [0.1, 0.15) is 54.9 Å². The van der Waals surface area contributed by atoms with Gasteiger partial charge in [-0.05, 0) is 63.4 Å². The Bertz CT molecular complexity index is 1610. The molecule has 3 rings (SSSR count). The van der Waals surface area contributed by atoms with Gasteiger partial charge in [-0.3, -0.25) is 4.79 Å². The van der Waals surface area contributed by atoms with Crippen LogP contribution in [0.4, 0.5) is 16.6 Å². The zero-order chi connectivity index (χ0) is 37.9. The van der Waals surface area contributed by atoms with Gasteiger partial charge in [0.15, 0.2) is 0 Å². The second-order valence-electron chi connectivity index (χ2n) is 11.0. The SMILES string of the molecule is C=N/C(CNC(=O)c1cnc(N2CCC[C@H]2COC(=O)OCCCCC(CO[N+](=O)[O-])O[N+](=O)[O-])nc1NCc1ccc(OC)c(Cl)c1)=N\C=C/C. The minimum atomic E-state index is -1.15. The molecule has 1 aliphatic heterocycles. The van der Waals surface area contributed by atoms with Crippen LogP contribution in [0.3, 0.4) is 0 Å². The minimum Gasteiger partial charge on any atom is -0.495 e. The molecule has 21 heteroatoms. The lowest BCUT2D eigenvalue weighted by molar-refractivity contribution is -0.790. The average Bonchev–Trinajstić information content (AvgIpc) is 3.60. The van der Waals surface area contributed by atoms with Gasteiger partial charge in [0.05, 0.1) is 31.3 Å². The van der Waals surface area contributed by atoms with E-state index in [4.69, 9.17) is 25.8 Å². The largest absolute Gasteiger partial charge is 0.508 e. The molecule has 2 N–H and O–H groups in total.